The summed E-state index contributed by atoms with van der Waals surface area (Å²) in [6.45, 7) is 6.55. The average molecular weight is 390 g/mol. The van der Waals surface area contributed by atoms with Crippen molar-refractivity contribution in [3.8, 4) is 0 Å². The maximum absolute atomic E-state index is 12.9. The van der Waals surface area contributed by atoms with Crippen LogP contribution in [0.1, 0.15) is 36.6 Å². The number of rotatable bonds is 3. The van der Waals surface area contributed by atoms with Gasteiger partial charge in [0.1, 0.15) is 0 Å². The molecule has 2 aromatic heterocycles. The fourth-order valence-corrected chi connectivity index (χ4v) is 4.67. The van der Waals surface area contributed by atoms with E-state index >= 15 is 0 Å². The van der Waals surface area contributed by atoms with Crippen molar-refractivity contribution in [1.82, 2.24) is 19.9 Å². The molecule has 0 radical (unpaired) electrons. The van der Waals surface area contributed by atoms with Gasteiger partial charge in [-0.3, -0.25) is 19.7 Å². The Morgan fingerprint density at radius 2 is 2.10 bits per heavy atom. The number of fused-ring (bicyclic) bond motifs is 2. The normalized spacial score (nSPS) is 20.0. The summed E-state index contributed by atoms with van der Waals surface area (Å²) in [6, 6.07) is 10.4. The Bertz CT molecular complexity index is 1090. The number of anilines is 1. The van der Waals surface area contributed by atoms with E-state index in [2.05, 4.69) is 51.0 Å². The first kappa shape index (κ1) is 18.3. The van der Waals surface area contributed by atoms with Gasteiger partial charge in [0, 0.05) is 50.7 Å². The molecule has 1 atom stereocenters. The molecule has 0 bridgehead atoms. The van der Waals surface area contributed by atoms with Gasteiger partial charge in [0.15, 0.2) is 0 Å². The monoisotopic (exact) mass is 389 g/mol. The van der Waals surface area contributed by atoms with E-state index in [0.717, 1.165) is 67.1 Å². The van der Waals surface area contributed by atoms with Crippen LogP contribution in [-0.2, 0) is 19.5 Å². The number of nitrogens with zero attached hydrogens (tertiary/aromatic N) is 4. The first-order valence-corrected chi connectivity index (χ1v) is 10.6. The first-order chi connectivity index (χ1) is 14.2. The summed E-state index contributed by atoms with van der Waals surface area (Å²) in [5.41, 5.74) is 4.05. The molecule has 1 fully saturated rings. The third-order valence-corrected chi connectivity index (χ3v) is 6.20. The number of H-pyrrole nitrogens is 1. The van der Waals surface area contributed by atoms with Gasteiger partial charge in [-0.25, -0.2) is 4.98 Å². The molecule has 0 amide bonds. The van der Waals surface area contributed by atoms with E-state index in [1.807, 2.05) is 12.3 Å². The lowest BCUT2D eigenvalue weighted by molar-refractivity contribution is 0.242. The molecule has 0 unspecified atom stereocenters. The molecule has 1 aromatic carbocycles. The summed E-state index contributed by atoms with van der Waals surface area (Å²) in [5.74, 6) is 1.40. The number of nitrogens with one attached hydrogen (secondary N) is 1. The lowest BCUT2D eigenvalue weighted by atomic mass is 10.0. The second-order valence-electron chi connectivity index (χ2n) is 8.46. The van der Waals surface area contributed by atoms with Gasteiger partial charge < -0.3 is 4.90 Å². The number of hydrogen-bond acceptors (Lipinski definition) is 5. The molecule has 6 nitrogen and oxygen atoms in total. The smallest absolute Gasteiger partial charge is 0.257 e. The standard InChI is InChI=1S/C23H27N5O/c1-16-5-4-11-28(13-16)23-25-20-9-12-27(15-19(20)22(29)26-23)14-18-7-2-6-17-8-3-10-24-21(17)18/h2-3,6-8,10,16H,4-5,9,11-15H2,1H3,(H,25,26,29)/t16-/m1/s1. The van der Waals surface area contributed by atoms with Crippen LogP contribution in [0.5, 0.6) is 0 Å². The van der Waals surface area contributed by atoms with Crippen molar-refractivity contribution in [2.24, 2.45) is 5.92 Å². The first-order valence-electron chi connectivity index (χ1n) is 10.6. The van der Waals surface area contributed by atoms with E-state index in [4.69, 9.17) is 4.98 Å². The second-order valence-corrected chi connectivity index (χ2v) is 8.46. The zero-order chi connectivity index (χ0) is 19.8. The third-order valence-electron chi connectivity index (χ3n) is 6.20. The lowest BCUT2D eigenvalue weighted by Gasteiger charge is -2.33. The molecule has 0 spiro atoms. The number of hydrogen-bond donors (Lipinski definition) is 1. The molecule has 0 aliphatic carbocycles. The molecule has 29 heavy (non-hydrogen) atoms. The van der Waals surface area contributed by atoms with E-state index in [0.29, 0.717) is 12.5 Å². The van der Waals surface area contributed by atoms with Crippen molar-refractivity contribution in [2.45, 2.75) is 39.3 Å². The van der Waals surface area contributed by atoms with Crippen LogP contribution in [0.2, 0.25) is 0 Å². The van der Waals surface area contributed by atoms with E-state index < -0.39 is 0 Å². The second kappa shape index (κ2) is 7.59. The summed E-state index contributed by atoms with van der Waals surface area (Å²) in [4.78, 5) is 29.9. The zero-order valence-corrected chi connectivity index (χ0v) is 16.9. The molecule has 2 aliphatic rings. The summed E-state index contributed by atoms with van der Waals surface area (Å²) in [5, 5.41) is 1.15. The van der Waals surface area contributed by atoms with E-state index in [9.17, 15) is 4.79 Å². The van der Waals surface area contributed by atoms with Gasteiger partial charge in [0.25, 0.3) is 5.56 Å². The van der Waals surface area contributed by atoms with Gasteiger partial charge in [-0.05, 0) is 30.4 Å². The van der Waals surface area contributed by atoms with Crippen molar-refractivity contribution in [2.75, 3.05) is 24.5 Å². The molecular weight excluding hydrogens is 362 g/mol. The Kier molecular flexibility index (Phi) is 4.79. The van der Waals surface area contributed by atoms with Crippen LogP contribution < -0.4 is 10.5 Å². The minimum atomic E-state index is 0.0176. The van der Waals surface area contributed by atoms with Crippen molar-refractivity contribution in [3.05, 3.63) is 63.7 Å². The van der Waals surface area contributed by atoms with E-state index in [1.165, 1.54) is 12.0 Å². The molecule has 0 saturated carbocycles. The maximum Gasteiger partial charge on any atom is 0.257 e. The number of benzene rings is 1. The quantitative estimate of drug-likeness (QED) is 0.746. The lowest BCUT2D eigenvalue weighted by Crippen LogP contribution is -2.39. The van der Waals surface area contributed by atoms with Gasteiger partial charge in [0.05, 0.1) is 16.8 Å². The van der Waals surface area contributed by atoms with Crippen LogP contribution in [0.25, 0.3) is 10.9 Å². The minimum Gasteiger partial charge on any atom is -0.342 e. The Hall–Kier alpha value is -2.73. The molecule has 1 N–H and O–H groups in total. The SMILES string of the molecule is C[C@@H]1CCCN(c2nc3c(c(=O)[nH]2)CN(Cc2cccc4cccnc24)CC3)C1. The highest BCUT2D eigenvalue weighted by molar-refractivity contribution is 5.81. The fraction of sp³-hybridized carbons (Fsp3) is 0.435. The molecule has 4 heterocycles. The van der Waals surface area contributed by atoms with Crippen LogP contribution in [0, 0.1) is 5.92 Å². The van der Waals surface area contributed by atoms with E-state index in [-0.39, 0.29) is 5.56 Å². The summed E-state index contributed by atoms with van der Waals surface area (Å²) in [6.07, 6.45) is 5.07. The van der Waals surface area contributed by atoms with Gasteiger partial charge in [0.2, 0.25) is 5.95 Å². The van der Waals surface area contributed by atoms with Crippen molar-refractivity contribution < 1.29 is 0 Å². The molecule has 3 aromatic rings. The average Bonchev–Trinajstić information content (AvgIpc) is 2.74. The molecule has 6 heteroatoms. The highest BCUT2D eigenvalue weighted by atomic mass is 16.1. The Labute approximate surface area is 170 Å². The fourth-order valence-electron chi connectivity index (χ4n) is 4.67. The van der Waals surface area contributed by atoms with Crippen LogP contribution in [0.4, 0.5) is 5.95 Å². The summed E-state index contributed by atoms with van der Waals surface area (Å²) in [7, 11) is 0. The van der Waals surface area contributed by atoms with Gasteiger partial charge in [-0.2, -0.15) is 0 Å². The summed E-state index contributed by atoms with van der Waals surface area (Å²) >= 11 is 0. The molecule has 5 rings (SSSR count). The van der Waals surface area contributed by atoms with Gasteiger partial charge in [-0.1, -0.05) is 31.2 Å². The van der Waals surface area contributed by atoms with Crippen LogP contribution >= 0.6 is 0 Å². The number of para-hydroxylation sites is 1. The third kappa shape index (κ3) is 3.65. The number of piperidine rings is 1. The number of aromatic amines is 1. The van der Waals surface area contributed by atoms with Crippen molar-refractivity contribution in [3.63, 3.8) is 0 Å². The van der Waals surface area contributed by atoms with Gasteiger partial charge in [-0.15, -0.1) is 0 Å². The van der Waals surface area contributed by atoms with Crippen LogP contribution in [0.15, 0.2) is 41.3 Å². The largest absolute Gasteiger partial charge is 0.342 e. The van der Waals surface area contributed by atoms with Gasteiger partial charge >= 0.3 is 0 Å². The molecule has 1 saturated heterocycles. The highest BCUT2D eigenvalue weighted by Crippen LogP contribution is 2.23. The highest BCUT2D eigenvalue weighted by Gasteiger charge is 2.24. The Morgan fingerprint density at radius 3 is 3.00 bits per heavy atom. The number of aromatic nitrogens is 3. The molecule has 2 aliphatic heterocycles. The Morgan fingerprint density at radius 1 is 1.21 bits per heavy atom. The molecule has 150 valence electrons. The van der Waals surface area contributed by atoms with Crippen molar-refractivity contribution >= 4 is 16.9 Å². The minimum absolute atomic E-state index is 0.0176. The predicted octanol–water partition coefficient (Wildman–Crippen LogP) is 3.11. The topological polar surface area (TPSA) is 65.1 Å². The summed E-state index contributed by atoms with van der Waals surface area (Å²) < 4.78 is 0. The van der Waals surface area contributed by atoms with Crippen LogP contribution in [0.3, 0.4) is 0 Å². The Balaban J connectivity index is 1.38. The predicted molar refractivity (Wildman–Crippen MR) is 115 cm³/mol. The van der Waals surface area contributed by atoms with Crippen molar-refractivity contribution in [1.29, 1.82) is 0 Å². The zero-order valence-electron chi connectivity index (χ0n) is 16.9. The van der Waals surface area contributed by atoms with E-state index in [1.54, 1.807) is 0 Å². The maximum atomic E-state index is 12.9. The van der Waals surface area contributed by atoms with Crippen LogP contribution in [-0.4, -0.2) is 39.5 Å². The molecular formula is C23H27N5O. The number of pyridine rings is 1.